The molecule has 6 heteroatoms. The average Bonchev–Trinajstić information content (AvgIpc) is 3.40. The fraction of sp³-hybridized carbons (Fsp3) is 0.308. The predicted octanol–water partition coefficient (Wildman–Crippen LogP) is 5.36. The van der Waals surface area contributed by atoms with Gasteiger partial charge in [0.05, 0.1) is 5.69 Å². The highest BCUT2D eigenvalue weighted by Gasteiger charge is 2.31. The molecule has 1 aliphatic heterocycles. The first-order valence-corrected chi connectivity index (χ1v) is 11.9. The summed E-state index contributed by atoms with van der Waals surface area (Å²) in [7, 11) is 0. The zero-order valence-electron chi connectivity index (χ0n) is 19.0. The lowest BCUT2D eigenvalue weighted by Gasteiger charge is -2.41. The molecule has 5 nitrogen and oxygen atoms in total. The van der Waals surface area contributed by atoms with Crippen LogP contribution in [0.25, 0.3) is 15.9 Å². The van der Waals surface area contributed by atoms with Crippen molar-refractivity contribution in [3.05, 3.63) is 76.6 Å². The molecule has 0 unspecified atom stereocenters. The Hall–Kier alpha value is -3.12. The van der Waals surface area contributed by atoms with E-state index >= 15 is 0 Å². The number of fused-ring (bicyclic) bond motifs is 1. The minimum Gasteiger partial charge on any atom is -0.365 e. The Balaban J connectivity index is 1.49. The van der Waals surface area contributed by atoms with Crippen LogP contribution in [0.1, 0.15) is 33.4 Å². The van der Waals surface area contributed by atoms with Gasteiger partial charge in [0.25, 0.3) is 5.91 Å². The van der Waals surface area contributed by atoms with Crippen molar-refractivity contribution >= 4 is 33.1 Å². The lowest BCUT2D eigenvalue weighted by Crippen LogP contribution is -2.53. The summed E-state index contributed by atoms with van der Waals surface area (Å²) in [5, 5.41) is 1.08. The third kappa shape index (κ3) is 3.58. The Morgan fingerprint density at radius 1 is 1.06 bits per heavy atom. The molecule has 1 amide bonds. The first-order valence-electron chi connectivity index (χ1n) is 11.1. The van der Waals surface area contributed by atoms with Gasteiger partial charge < -0.3 is 14.4 Å². The van der Waals surface area contributed by atoms with Crippen molar-refractivity contribution in [1.82, 2.24) is 14.5 Å². The summed E-state index contributed by atoms with van der Waals surface area (Å²) in [5.41, 5.74) is 5.58. The molecule has 4 aromatic rings. The predicted molar refractivity (Wildman–Crippen MR) is 132 cm³/mol. The normalized spacial score (nSPS) is 16.7. The third-order valence-corrected chi connectivity index (χ3v) is 7.33. The molecule has 0 radical (unpaired) electrons. The van der Waals surface area contributed by atoms with Crippen molar-refractivity contribution in [3.8, 4) is 5.69 Å². The van der Waals surface area contributed by atoms with Gasteiger partial charge in [0.15, 0.2) is 0 Å². The molecule has 32 heavy (non-hydrogen) atoms. The van der Waals surface area contributed by atoms with Crippen LogP contribution < -0.4 is 4.90 Å². The SMILES string of the molecule is Cc1cccc(N2CCN(C(=O)c3sc4nc(C)cc(C)c4c3-n3cccc3)C[C@H]2C)c1. The number of hydrogen-bond donors (Lipinski definition) is 0. The summed E-state index contributed by atoms with van der Waals surface area (Å²) in [6.07, 6.45) is 4.02. The lowest BCUT2D eigenvalue weighted by atomic mass is 10.1. The maximum atomic E-state index is 13.8. The number of pyridine rings is 1. The molecule has 5 rings (SSSR count). The molecule has 0 aliphatic carbocycles. The fourth-order valence-corrected chi connectivity index (χ4v) is 6.04. The number of carbonyl (C=O) groups excluding carboxylic acids is 1. The van der Waals surface area contributed by atoms with Gasteiger partial charge in [-0.15, -0.1) is 11.3 Å². The number of aromatic nitrogens is 2. The van der Waals surface area contributed by atoms with Crippen molar-refractivity contribution in [2.45, 2.75) is 33.7 Å². The summed E-state index contributed by atoms with van der Waals surface area (Å²) >= 11 is 1.52. The number of aryl methyl sites for hydroxylation is 3. The van der Waals surface area contributed by atoms with E-state index in [9.17, 15) is 4.79 Å². The van der Waals surface area contributed by atoms with E-state index in [-0.39, 0.29) is 11.9 Å². The first kappa shape index (κ1) is 20.8. The summed E-state index contributed by atoms with van der Waals surface area (Å²) < 4.78 is 2.06. The number of piperazine rings is 1. The largest absolute Gasteiger partial charge is 0.365 e. The molecule has 164 valence electrons. The van der Waals surface area contributed by atoms with Crippen LogP contribution in [0, 0.1) is 20.8 Å². The van der Waals surface area contributed by atoms with E-state index < -0.39 is 0 Å². The highest BCUT2D eigenvalue weighted by molar-refractivity contribution is 7.21. The zero-order chi connectivity index (χ0) is 22.4. The molecular formula is C26H28N4OS. The first-order chi connectivity index (χ1) is 15.4. The van der Waals surface area contributed by atoms with Gasteiger partial charge in [-0.1, -0.05) is 12.1 Å². The van der Waals surface area contributed by atoms with Crippen molar-refractivity contribution in [3.63, 3.8) is 0 Å². The van der Waals surface area contributed by atoms with Gasteiger partial charge in [0.2, 0.25) is 0 Å². The monoisotopic (exact) mass is 444 g/mol. The van der Waals surface area contributed by atoms with E-state index in [1.165, 1.54) is 22.6 Å². The average molecular weight is 445 g/mol. The molecule has 1 aromatic carbocycles. The Morgan fingerprint density at radius 3 is 2.56 bits per heavy atom. The Morgan fingerprint density at radius 2 is 1.84 bits per heavy atom. The zero-order valence-corrected chi connectivity index (χ0v) is 19.8. The smallest absolute Gasteiger partial charge is 0.266 e. The number of carbonyl (C=O) groups is 1. The molecular weight excluding hydrogens is 416 g/mol. The molecule has 0 N–H and O–H groups in total. The third-order valence-electron chi connectivity index (χ3n) is 6.27. The van der Waals surface area contributed by atoms with Gasteiger partial charge in [-0.05, 0) is 69.2 Å². The summed E-state index contributed by atoms with van der Waals surface area (Å²) in [6.45, 7) is 10.7. The number of hydrogen-bond acceptors (Lipinski definition) is 4. The highest BCUT2D eigenvalue weighted by Crippen LogP contribution is 2.37. The molecule has 0 spiro atoms. The van der Waals surface area contributed by atoms with Crippen molar-refractivity contribution < 1.29 is 4.79 Å². The van der Waals surface area contributed by atoms with Crippen LogP contribution in [0.3, 0.4) is 0 Å². The second-order valence-electron chi connectivity index (χ2n) is 8.76. The summed E-state index contributed by atoms with van der Waals surface area (Å²) in [5.74, 6) is 0.101. The minimum atomic E-state index is 0.101. The van der Waals surface area contributed by atoms with Crippen molar-refractivity contribution in [1.29, 1.82) is 0 Å². The molecule has 1 aliphatic rings. The van der Waals surface area contributed by atoms with Crippen LogP contribution >= 0.6 is 11.3 Å². The van der Waals surface area contributed by atoms with E-state index in [2.05, 4.69) is 60.6 Å². The Kier molecular flexibility index (Phi) is 5.25. The van der Waals surface area contributed by atoms with Crippen LogP contribution in [-0.2, 0) is 0 Å². The standard InChI is InChI=1S/C26H28N4OS/c1-17-8-7-9-21(14-17)30-13-12-29(16-20(30)4)26(31)24-23(28-10-5-6-11-28)22-18(2)15-19(3)27-25(22)32-24/h5-11,14-15,20H,12-13,16H2,1-4H3/t20-/m1/s1. The van der Waals surface area contributed by atoms with Gasteiger partial charge in [0, 0.05) is 54.8 Å². The van der Waals surface area contributed by atoms with Gasteiger partial charge in [-0.3, -0.25) is 4.79 Å². The molecule has 1 atom stereocenters. The van der Waals surface area contributed by atoms with Crippen LogP contribution in [-0.4, -0.2) is 46.0 Å². The maximum Gasteiger partial charge on any atom is 0.266 e. The van der Waals surface area contributed by atoms with Crippen molar-refractivity contribution in [2.75, 3.05) is 24.5 Å². The molecule has 1 saturated heterocycles. The van der Waals surface area contributed by atoms with Gasteiger partial charge in [-0.25, -0.2) is 4.98 Å². The molecule has 1 fully saturated rings. The van der Waals surface area contributed by atoms with E-state index in [1.54, 1.807) is 0 Å². The topological polar surface area (TPSA) is 41.4 Å². The summed E-state index contributed by atoms with van der Waals surface area (Å²) in [4.78, 5) is 24.7. The molecule has 4 heterocycles. The van der Waals surface area contributed by atoms with Crippen LogP contribution in [0.4, 0.5) is 5.69 Å². The number of nitrogens with zero attached hydrogens (tertiary/aromatic N) is 4. The summed E-state index contributed by atoms with van der Waals surface area (Å²) in [6, 6.07) is 15.0. The molecule has 0 saturated carbocycles. The maximum absolute atomic E-state index is 13.8. The van der Waals surface area contributed by atoms with E-state index in [0.29, 0.717) is 13.1 Å². The van der Waals surface area contributed by atoms with Gasteiger partial charge >= 0.3 is 0 Å². The van der Waals surface area contributed by atoms with Crippen LogP contribution in [0.5, 0.6) is 0 Å². The Bertz CT molecular complexity index is 1290. The van der Waals surface area contributed by atoms with Crippen LogP contribution in [0.2, 0.25) is 0 Å². The van der Waals surface area contributed by atoms with E-state index in [4.69, 9.17) is 4.98 Å². The Labute approximate surface area is 192 Å². The fourth-order valence-electron chi connectivity index (χ4n) is 4.77. The minimum absolute atomic E-state index is 0.101. The second kappa shape index (κ2) is 8.10. The van der Waals surface area contributed by atoms with E-state index in [0.717, 1.165) is 38.6 Å². The second-order valence-corrected chi connectivity index (χ2v) is 9.76. The van der Waals surface area contributed by atoms with Crippen LogP contribution in [0.15, 0.2) is 54.9 Å². The van der Waals surface area contributed by atoms with E-state index in [1.807, 2.05) is 36.4 Å². The lowest BCUT2D eigenvalue weighted by molar-refractivity contribution is 0.0731. The number of benzene rings is 1. The van der Waals surface area contributed by atoms with Crippen molar-refractivity contribution in [2.24, 2.45) is 0 Å². The number of thiophene rings is 1. The quantitative estimate of drug-likeness (QED) is 0.427. The van der Waals surface area contributed by atoms with Gasteiger partial charge in [-0.2, -0.15) is 0 Å². The number of anilines is 1. The van der Waals surface area contributed by atoms with Gasteiger partial charge in [0.1, 0.15) is 9.71 Å². The number of rotatable bonds is 3. The molecule has 3 aromatic heterocycles. The molecule has 0 bridgehead atoms. The number of amides is 1. The highest BCUT2D eigenvalue weighted by atomic mass is 32.1.